The number of fused-ring (bicyclic) bond motifs is 1. The average Bonchev–Trinajstić information content (AvgIpc) is 2.73. The number of hydrogen-bond donors (Lipinski definition) is 1. The van der Waals surface area contributed by atoms with Crippen LogP contribution in [0.15, 0.2) is 10.5 Å². The van der Waals surface area contributed by atoms with Crippen molar-refractivity contribution in [2.45, 2.75) is 45.3 Å². The van der Waals surface area contributed by atoms with E-state index in [4.69, 9.17) is 4.74 Å². The number of benzene rings is 1. The Bertz CT molecular complexity index is 467. The number of ether oxygens (including phenoxy) is 1. The van der Waals surface area contributed by atoms with Gasteiger partial charge in [0.25, 0.3) is 0 Å². The first-order valence-electron chi connectivity index (χ1n) is 6.67. The molecule has 0 fully saturated rings. The number of nitrogens with one attached hydrogen (secondary N) is 1. The molecule has 2 nitrogen and oxygen atoms in total. The Labute approximate surface area is 120 Å². The topological polar surface area (TPSA) is 21.3 Å². The van der Waals surface area contributed by atoms with Gasteiger partial charge in [0.1, 0.15) is 6.10 Å². The molecule has 2 unspecified atom stereocenters. The molecule has 0 saturated heterocycles. The Hall–Kier alpha value is -0.680. The maximum absolute atomic E-state index is 13.8. The molecule has 0 bridgehead atoms. The lowest BCUT2D eigenvalue weighted by atomic mass is 10.00. The van der Waals surface area contributed by atoms with Crippen molar-refractivity contribution in [1.82, 2.24) is 5.32 Å². The van der Waals surface area contributed by atoms with Crippen LogP contribution < -0.4 is 10.1 Å². The predicted octanol–water partition coefficient (Wildman–Crippen LogP) is 4.33. The van der Waals surface area contributed by atoms with Gasteiger partial charge in [0.05, 0.1) is 6.04 Å². The molecule has 0 amide bonds. The average molecular weight is 334 g/mol. The first-order valence-corrected chi connectivity index (χ1v) is 7.46. The Balaban J connectivity index is 2.39. The van der Waals surface area contributed by atoms with Crippen molar-refractivity contribution in [2.24, 2.45) is 0 Å². The van der Waals surface area contributed by atoms with E-state index < -0.39 is 11.6 Å². The van der Waals surface area contributed by atoms with Crippen LogP contribution >= 0.6 is 15.9 Å². The molecule has 5 heteroatoms. The zero-order valence-corrected chi connectivity index (χ0v) is 12.7. The fourth-order valence-corrected chi connectivity index (χ4v) is 3.07. The summed E-state index contributed by atoms with van der Waals surface area (Å²) >= 11 is 3.32. The maximum atomic E-state index is 13.8. The highest BCUT2D eigenvalue weighted by Gasteiger charge is 2.38. The third-order valence-electron chi connectivity index (χ3n) is 3.30. The Morgan fingerprint density at radius 1 is 1.32 bits per heavy atom. The first kappa shape index (κ1) is 14.7. The summed E-state index contributed by atoms with van der Waals surface area (Å²) in [7, 11) is 0. The van der Waals surface area contributed by atoms with Gasteiger partial charge in [-0.15, -0.1) is 0 Å². The monoisotopic (exact) mass is 333 g/mol. The van der Waals surface area contributed by atoms with Gasteiger partial charge < -0.3 is 10.1 Å². The second-order valence-electron chi connectivity index (χ2n) is 4.77. The minimum Gasteiger partial charge on any atom is -0.485 e. The van der Waals surface area contributed by atoms with Gasteiger partial charge in [-0.2, -0.15) is 4.39 Å². The summed E-state index contributed by atoms with van der Waals surface area (Å²) in [6.07, 6.45) is 2.58. The van der Waals surface area contributed by atoms with Crippen LogP contribution in [0, 0.1) is 11.6 Å². The fraction of sp³-hybridized carbons (Fsp3) is 0.571. The van der Waals surface area contributed by atoms with E-state index in [-0.39, 0.29) is 17.9 Å². The van der Waals surface area contributed by atoms with E-state index in [9.17, 15) is 8.78 Å². The van der Waals surface area contributed by atoms with Crippen molar-refractivity contribution in [2.75, 3.05) is 6.54 Å². The molecule has 1 aromatic rings. The van der Waals surface area contributed by atoms with Gasteiger partial charge in [-0.3, -0.25) is 0 Å². The zero-order chi connectivity index (χ0) is 14.0. The van der Waals surface area contributed by atoms with Crippen molar-refractivity contribution < 1.29 is 13.5 Å². The van der Waals surface area contributed by atoms with Crippen LogP contribution in [0.3, 0.4) is 0 Å². The maximum Gasteiger partial charge on any atom is 0.201 e. The molecule has 1 aromatic carbocycles. The molecule has 0 aliphatic carbocycles. The highest BCUT2D eigenvalue weighted by atomic mass is 79.9. The number of halogens is 3. The molecule has 106 valence electrons. The normalized spacial score (nSPS) is 21.3. The van der Waals surface area contributed by atoms with E-state index in [1.54, 1.807) is 0 Å². The molecule has 1 heterocycles. The predicted molar refractivity (Wildman–Crippen MR) is 74.4 cm³/mol. The Morgan fingerprint density at radius 2 is 2.05 bits per heavy atom. The highest BCUT2D eigenvalue weighted by molar-refractivity contribution is 9.10. The fourth-order valence-electron chi connectivity index (χ4n) is 2.44. The summed E-state index contributed by atoms with van der Waals surface area (Å²) < 4.78 is 33.5. The lowest BCUT2D eigenvalue weighted by Crippen LogP contribution is -2.31. The van der Waals surface area contributed by atoms with Crippen LogP contribution in [0.4, 0.5) is 8.78 Å². The summed E-state index contributed by atoms with van der Waals surface area (Å²) in [5, 5.41) is 3.37. The van der Waals surface area contributed by atoms with Gasteiger partial charge in [0.15, 0.2) is 11.6 Å². The second-order valence-corrected chi connectivity index (χ2v) is 5.63. The van der Waals surface area contributed by atoms with Gasteiger partial charge in [0, 0.05) is 10.0 Å². The minimum absolute atomic E-state index is 0.0546. The Morgan fingerprint density at radius 3 is 2.68 bits per heavy atom. The van der Waals surface area contributed by atoms with E-state index in [0.29, 0.717) is 10.0 Å². The quantitative estimate of drug-likeness (QED) is 0.810. The minimum atomic E-state index is -0.889. The van der Waals surface area contributed by atoms with Crippen molar-refractivity contribution in [1.29, 1.82) is 0 Å². The van der Waals surface area contributed by atoms with Gasteiger partial charge in [-0.1, -0.05) is 36.2 Å². The van der Waals surface area contributed by atoms with Crippen LogP contribution in [0.2, 0.25) is 0 Å². The molecule has 2 rings (SSSR count). The summed E-state index contributed by atoms with van der Waals surface area (Å²) in [5.74, 6) is -1.71. The van der Waals surface area contributed by atoms with Crippen LogP contribution in [0.5, 0.6) is 5.75 Å². The zero-order valence-electron chi connectivity index (χ0n) is 11.1. The van der Waals surface area contributed by atoms with Gasteiger partial charge in [-0.05, 0) is 25.5 Å². The van der Waals surface area contributed by atoms with Crippen LogP contribution in [0.25, 0.3) is 0 Å². The molecular weight excluding hydrogens is 316 g/mol. The molecule has 0 saturated carbocycles. The molecule has 0 aromatic heterocycles. The lowest BCUT2D eigenvalue weighted by Gasteiger charge is -2.20. The molecule has 19 heavy (non-hydrogen) atoms. The molecule has 1 N–H and O–H groups in total. The summed E-state index contributed by atoms with van der Waals surface area (Å²) in [5.41, 5.74) is 0.700. The second kappa shape index (κ2) is 6.18. The summed E-state index contributed by atoms with van der Waals surface area (Å²) in [6.45, 7) is 4.94. The SMILES string of the molecule is CCCNC1c2c(Br)cc(F)c(F)c2OC1CCC. The third kappa shape index (κ3) is 2.77. The molecule has 1 aliphatic heterocycles. The van der Waals surface area contributed by atoms with E-state index >= 15 is 0 Å². The third-order valence-corrected chi connectivity index (χ3v) is 3.96. The van der Waals surface area contributed by atoms with Crippen molar-refractivity contribution in [3.8, 4) is 5.75 Å². The van der Waals surface area contributed by atoms with E-state index in [1.807, 2.05) is 0 Å². The summed E-state index contributed by atoms with van der Waals surface area (Å²) in [4.78, 5) is 0. The van der Waals surface area contributed by atoms with Gasteiger partial charge in [-0.25, -0.2) is 4.39 Å². The van der Waals surface area contributed by atoms with Crippen LogP contribution in [0.1, 0.15) is 44.7 Å². The van der Waals surface area contributed by atoms with Crippen molar-refractivity contribution in [3.63, 3.8) is 0 Å². The van der Waals surface area contributed by atoms with Crippen molar-refractivity contribution >= 4 is 15.9 Å². The van der Waals surface area contributed by atoms with Crippen LogP contribution in [-0.4, -0.2) is 12.6 Å². The van der Waals surface area contributed by atoms with Gasteiger partial charge >= 0.3 is 0 Å². The Kier molecular flexibility index (Phi) is 4.79. The molecule has 1 aliphatic rings. The summed E-state index contributed by atoms with van der Waals surface area (Å²) in [6, 6.07) is 1.09. The van der Waals surface area contributed by atoms with E-state index in [2.05, 4.69) is 35.1 Å². The molecule has 0 spiro atoms. The smallest absolute Gasteiger partial charge is 0.201 e. The lowest BCUT2D eigenvalue weighted by molar-refractivity contribution is 0.172. The largest absolute Gasteiger partial charge is 0.485 e. The number of rotatable bonds is 5. The van der Waals surface area contributed by atoms with Gasteiger partial charge in [0.2, 0.25) is 5.82 Å². The van der Waals surface area contributed by atoms with E-state index in [0.717, 1.165) is 25.8 Å². The highest BCUT2D eigenvalue weighted by Crippen LogP contribution is 2.45. The van der Waals surface area contributed by atoms with E-state index in [1.165, 1.54) is 6.07 Å². The van der Waals surface area contributed by atoms with Crippen molar-refractivity contribution in [3.05, 3.63) is 27.7 Å². The molecule has 2 atom stereocenters. The number of hydrogen-bond acceptors (Lipinski definition) is 2. The first-order chi connectivity index (χ1) is 9.10. The van der Waals surface area contributed by atoms with Crippen LogP contribution in [-0.2, 0) is 0 Å². The standard InChI is InChI=1S/C14H18BrF2NO/c1-3-5-10-13(18-6-4-2)11-8(15)7-9(16)12(17)14(11)19-10/h7,10,13,18H,3-6H2,1-2H3. The molecule has 0 radical (unpaired) electrons. The molecular formula is C14H18BrF2NO.